The molecule has 2 aliphatic rings. The van der Waals surface area contributed by atoms with Gasteiger partial charge in [-0.2, -0.15) is 11.8 Å². The molecule has 2 saturated heterocycles. The van der Waals surface area contributed by atoms with E-state index in [-0.39, 0.29) is 11.3 Å². The van der Waals surface area contributed by atoms with E-state index in [0.717, 1.165) is 12.1 Å². The average Bonchev–Trinajstić information content (AvgIpc) is 2.50. The van der Waals surface area contributed by atoms with Gasteiger partial charge in [0.1, 0.15) is 11.4 Å². The number of hydrogen-bond donors (Lipinski definition) is 1. The fourth-order valence-electron chi connectivity index (χ4n) is 2.82. The van der Waals surface area contributed by atoms with Crippen molar-refractivity contribution in [1.82, 2.24) is 4.90 Å². The number of phenols is 1. The highest BCUT2D eigenvalue weighted by molar-refractivity contribution is 8.00. The molecule has 3 rings (SSSR count). The third-order valence-corrected chi connectivity index (χ3v) is 5.18. The van der Waals surface area contributed by atoms with Crippen molar-refractivity contribution in [2.45, 2.75) is 17.7 Å². The number of aromatic hydroxyl groups is 1. The molecule has 4 nitrogen and oxygen atoms in total. The SMILES string of the molecule is O=C(c1c(F)ccc(O)c1F)N1CCS[C@@H]2COCC[C@H]21. The van der Waals surface area contributed by atoms with Crippen molar-refractivity contribution >= 4 is 17.7 Å². The van der Waals surface area contributed by atoms with Crippen LogP contribution in [0.1, 0.15) is 16.8 Å². The summed E-state index contributed by atoms with van der Waals surface area (Å²) in [7, 11) is 0. The van der Waals surface area contributed by atoms with Gasteiger partial charge in [0, 0.05) is 30.2 Å². The van der Waals surface area contributed by atoms with Crippen LogP contribution in [-0.2, 0) is 4.74 Å². The van der Waals surface area contributed by atoms with Gasteiger partial charge in [-0.1, -0.05) is 0 Å². The predicted octanol–water partition coefficient (Wildman–Crippen LogP) is 2.02. The number of amides is 1. The molecule has 2 atom stereocenters. The summed E-state index contributed by atoms with van der Waals surface area (Å²) in [5.74, 6) is -2.84. The van der Waals surface area contributed by atoms with Crippen molar-refractivity contribution in [3.8, 4) is 5.75 Å². The Balaban J connectivity index is 1.92. The van der Waals surface area contributed by atoms with Gasteiger partial charge in [-0.05, 0) is 18.6 Å². The molecule has 1 aromatic rings. The van der Waals surface area contributed by atoms with E-state index >= 15 is 0 Å². The van der Waals surface area contributed by atoms with E-state index in [9.17, 15) is 18.7 Å². The Morgan fingerprint density at radius 1 is 1.43 bits per heavy atom. The van der Waals surface area contributed by atoms with Gasteiger partial charge in [-0.3, -0.25) is 4.79 Å². The number of benzene rings is 1. The number of thioether (sulfide) groups is 1. The highest BCUT2D eigenvalue weighted by Gasteiger charge is 2.38. The van der Waals surface area contributed by atoms with Crippen LogP contribution in [0.2, 0.25) is 0 Å². The lowest BCUT2D eigenvalue weighted by Crippen LogP contribution is -2.54. The van der Waals surface area contributed by atoms with Crippen LogP contribution in [0.15, 0.2) is 12.1 Å². The van der Waals surface area contributed by atoms with Crippen LogP contribution in [0.25, 0.3) is 0 Å². The van der Waals surface area contributed by atoms with Crippen molar-refractivity contribution in [2.24, 2.45) is 0 Å². The average molecular weight is 315 g/mol. The molecule has 7 heteroatoms. The lowest BCUT2D eigenvalue weighted by Gasteiger charge is -2.43. The van der Waals surface area contributed by atoms with Gasteiger partial charge in [0.2, 0.25) is 0 Å². The van der Waals surface area contributed by atoms with Crippen LogP contribution in [0, 0.1) is 11.6 Å². The number of rotatable bonds is 1. The standard InChI is InChI=1S/C14H15F2NO3S/c15-8-1-2-10(18)13(16)12(8)14(19)17-4-6-21-11-7-20-5-3-9(11)17/h1-2,9,11,18H,3-7H2/t9-,11-/m1/s1. The summed E-state index contributed by atoms with van der Waals surface area (Å²) < 4.78 is 33.1. The quantitative estimate of drug-likeness (QED) is 0.861. The number of halogens is 2. The van der Waals surface area contributed by atoms with E-state index in [4.69, 9.17) is 4.74 Å². The molecule has 114 valence electrons. The maximum absolute atomic E-state index is 13.9. The van der Waals surface area contributed by atoms with Gasteiger partial charge in [0.25, 0.3) is 5.91 Å². The van der Waals surface area contributed by atoms with Gasteiger partial charge in [-0.25, -0.2) is 8.78 Å². The number of carbonyl (C=O) groups is 1. The van der Waals surface area contributed by atoms with Gasteiger partial charge in [0.15, 0.2) is 11.6 Å². The number of phenolic OH excluding ortho intramolecular Hbond substituents is 1. The first kappa shape index (κ1) is 14.6. The molecule has 1 aromatic carbocycles. The summed E-state index contributed by atoms with van der Waals surface area (Å²) >= 11 is 1.72. The molecular formula is C14H15F2NO3S. The Kier molecular flexibility index (Phi) is 4.03. The molecular weight excluding hydrogens is 300 g/mol. The Morgan fingerprint density at radius 2 is 2.24 bits per heavy atom. The summed E-state index contributed by atoms with van der Waals surface area (Å²) in [4.78, 5) is 14.1. The van der Waals surface area contributed by atoms with Crippen LogP contribution in [0.5, 0.6) is 5.75 Å². The topological polar surface area (TPSA) is 49.8 Å². The van der Waals surface area contributed by atoms with Crippen LogP contribution in [-0.4, -0.2) is 52.7 Å². The number of fused-ring (bicyclic) bond motifs is 1. The molecule has 1 amide bonds. The highest BCUT2D eigenvalue weighted by Crippen LogP contribution is 2.32. The smallest absolute Gasteiger partial charge is 0.260 e. The number of nitrogens with zero attached hydrogens (tertiary/aromatic N) is 1. The van der Waals surface area contributed by atoms with Crippen molar-refractivity contribution in [2.75, 3.05) is 25.5 Å². The molecule has 2 heterocycles. The molecule has 0 spiro atoms. The van der Waals surface area contributed by atoms with E-state index in [1.54, 1.807) is 11.8 Å². The summed E-state index contributed by atoms with van der Waals surface area (Å²) in [6, 6.07) is 1.74. The lowest BCUT2D eigenvalue weighted by molar-refractivity contribution is 0.0313. The monoisotopic (exact) mass is 315 g/mol. The van der Waals surface area contributed by atoms with Gasteiger partial charge in [-0.15, -0.1) is 0 Å². The third kappa shape index (κ3) is 2.60. The normalized spacial score (nSPS) is 25.5. The van der Waals surface area contributed by atoms with Crippen molar-refractivity contribution in [3.05, 3.63) is 29.3 Å². The minimum atomic E-state index is -1.19. The van der Waals surface area contributed by atoms with E-state index in [2.05, 4.69) is 0 Å². The maximum atomic E-state index is 13.9. The first-order valence-electron chi connectivity index (χ1n) is 6.77. The second kappa shape index (κ2) is 5.81. The molecule has 0 radical (unpaired) electrons. The lowest BCUT2D eigenvalue weighted by atomic mass is 10.0. The molecule has 0 aliphatic carbocycles. The van der Waals surface area contributed by atoms with E-state index in [0.29, 0.717) is 31.9 Å². The Hall–Kier alpha value is -1.34. The zero-order chi connectivity index (χ0) is 15.0. The van der Waals surface area contributed by atoms with Crippen LogP contribution in [0.3, 0.4) is 0 Å². The molecule has 0 bridgehead atoms. The molecule has 1 N–H and O–H groups in total. The van der Waals surface area contributed by atoms with E-state index < -0.39 is 28.9 Å². The summed E-state index contributed by atoms with van der Waals surface area (Å²) in [5.41, 5.74) is -0.674. The first-order chi connectivity index (χ1) is 10.1. The second-order valence-electron chi connectivity index (χ2n) is 5.09. The predicted molar refractivity (Wildman–Crippen MR) is 74.5 cm³/mol. The maximum Gasteiger partial charge on any atom is 0.260 e. The van der Waals surface area contributed by atoms with Crippen LogP contribution >= 0.6 is 11.8 Å². The Labute approximate surface area is 125 Å². The number of carbonyl (C=O) groups excluding carboxylic acids is 1. The van der Waals surface area contributed by atoms with Crippen molar-refractivity contribution in [1.29, 1.82) is 0 Å². The third-order valence-electron chi connectivity index (χ3n) is 3.88. The fourth-order valence-corrected chi connectivity index (χ4v) is 4.12. The summed E-state index contributed by atoms with van der Waals surface area (Å²) in [6.07, 6.45) is 0.658. The Morgan fingerprint density at radius 3 is 3.05 bits per heavy atom. The molecule has 2 fully saturated rings. The van der Waals surface area contributed by atoms with Gasteiger partial charge < -0.3 is 14.7 Å². The molecule has 0 saturated carbocycles. The minimum Gasteiger partial charge on any atom is -0.505 e. The van der Waals surface area contributed by atoms with E-state index in [1.807, 2.05) is 0 Å². The second-order valence-corrected chi connectivity index (χ2v) is 6.44. The van der Waals surface area contributed by atoms with Gasteiger partial charge in [0.05, 0.1) is 6.61 Å². The zero-order valence-corrected chi connectivity index (χ0v) is 12.0. The van der Waals surface area contributed by atoms with Gasteiger partial charge >= 0.3 is 0 Å². The fraction of sp³-hybridized carbons (Fsp3) is 0.500. The van der Waals surface area contributed by atoms with Crippen molar-refractivity contribution in [3.63, 3.8) is 0 Å². The molecule has 21 heavy (non-hydrogen) atoms. The molecule has 0 aromatic heterocycles. The number of ether oxygens (including phenoxy) is 1. The molecule has 0 unspecified atom stereocenters. The first-order valence-corrected chi connectivity index (χ1v) is 7.81. The van der Waals surface area contributed by atoms with Crippen LogP contribution < -0.4 is 0 Å². The van der Waals surface area contributed by atoms with Crippen LogP contribution in [0.4, 0.5) is 8.78 Å². The number of hydrogen-bond acceptors (Lipinski definition) is 4. The largest absolute Gasteiger partial charge is 0.505 e. The Bertz CT molecular complexity index is 567. The summed E-state index contributed by atoms with van der Waals surface area (Å²) in [6.45, 7) is 1.53. The summed E-state index contributed by atoms with van der Waals surface area (Å²) in [5, 5.41) is 9.51. The van der Waals surface area contributed by atoms with E-state index in [1.165, 1.54) is 4.90 Å². The highest BCUT2D eigenvalue weighted by atomic mass is 32.2. The zero-order valence-electron chi connectivity index (χ0n) is 11.2. The molecule has 2 aliphatic heterocycles. The van der Waals surface area contributed by atoms with Crippen molar-refractivity contribution < 1.29 is 23.4 Å². The minimum absolute atomic E-state index is 0.0776.